The number of hydrogen-bond acceptors (Lipinski definition) is 3. The number of nitrogens with two attached hydrogens (primary N) is 1. The largest absolute Gasteiger partial charge is 0.417 e. The molecule has 0 spiro atoms. The third-order valence-corrected chi connectivity index (χ3v) is 3.83. The molecule has 1 unspecified atom stereocenters. The van der Waals surface area contributed by atoms with Gasteiger partial charge in [0.2, 0.25) is 0 Å². The Hall–Kier alpha value is -1.34. The van der Waals surface area contributed by atoms with E-state index in [1.807, 2.05) is 4.90 Å². The molecule has 116 valence electrons. The number of aliphatic hydroxyl groups is 1. The summed E-state index contributed by atoms with van der Waals surface area (Å²) in [5.41, 5.74) is 4.16. The minimum absolute atomic E-state index is 0.180. The summed E-state index contributed by atoms with van der Waals surface area (Å²) >= 11 is 4.73. The van der Waals surface area contributed by atoms with Crippen molar-refractivity contribution in [1.82, 2.24) is 0 Å². The summed E-state index contributed by atoms with van der Waals surface area (Å²) in [6.45, 7) is 2.77. The van der Waals surface area contributed by atoms with Crippen molar-refractivity contribution >= 4 is 22.9 Å². The Bertz CT molecular complexity index is 558. The second-order valence-corrected chi connectivity index (χ2v) is 6.05. The van der Waals surface area contributed by atoms with E-state index < -0.39 is 17.3 Å². The van der Waals surface area contributed by atoms with Crippen molar-refractivity contribution in [3.63, 3.8) is 0 Å². The Labute approximate surface area is 126 Å². The van der Waals surface area contributed by atoms with E-state index >= 15 is 0 Å². The van der Waals surface area contributed by atoms with Gasteiger partial charge in [-0.15, -0.1) is 0 Å². The van der Waals surface area contributed by atoms with E-state index in [4.69, 9.17) is 18.0 Å². The standard InChI is InChI=1S/C14H17F3N2OS/c1-13(20)5-2-6-19(8-13)9-3-4-11(14(15,16)17)10(7-9)12(18)21/h3-4,7,20H,2,5-6,8H2,1H3,(H2,18,21). The first-order valence-corrected chi connectivity index (χ1v) is 6.99. The quantitative estimate of drug-likeness (QED) is 0.823. The Balaban J connectivity index is 2.39. The summed E-state index contributed by atoms with van der Waals surface area (Å²) in [6, 6.07) is 3.74. The SMILES string of the molecule is CC1(O)CCCN(c2ccc(C(F)(F)F)c(C(N)=S)c2)C1. The fraction of sp³-hybridized carbons (Fsp3) is 0.500. The van der Waals surface area contributed by atoms with Crippen LogP contribution in [0, 0.1) is 0 Å². The van der Waals surface area contributed by atoms with Crippen LogP contribution in [0.1, 0.15) is 30.9 Å². The third-order valence-electron chi connectivity index (χ3n) is 3.61. The first kappa shape index (κ1) is 16.0. The van der Waals surface area contributed by atoms with Gasteiger partial charge in [0.25, 0.3) is 0 Å². The molecule has 0 amide bonds. The van der Waals surface area contributed by atoms with E-state index in [0.29, 0.717) is 25.2 Å². The molecule has 2 rings (SSSR count). The van der Waals surface area contributed by atoms with Crippen molar-refractivity contribution in [3.8, 4) is 0 Å². The zero-order valence-electron chi connectivity index (χ0n) is 11.6. The van der Waals surface area contributed by atoms with Gasteiger partial charge in [-0.2, -0.15) is 13.2 Å². The summed E-state index contributed by atoms with van der Waals surface area (Å²) < 4.78 is 38.8. The van der Waals surface area contributed by atoms with Crippen LogP contribution in [0.5, 0.6) is 0 Å². The Morgan fingerprint density at radius 2 is 2.10 bits per heavy atom. The molecule has 1 aromatic rings. The zero-order chi connectivity index (χ0) is 15.8. The van der Waals surface area contributed by atoms with Gasteiger partial charge in [0.05, 0.1) is 11.2 Å². The highest BCUT2D eigenvalue weighted by Crippen LogP contribution is 2.35. The average Bonchev–Trinajstić information content (AvgIpc) is 2.35. The molecule has 0 aliphatic carbocycles. The molecule has 1 aliphatic heterocycles. The molecule has 0 radical (unpaired) electrons. The van der Waals surface area contributed by atoms with E-state index in [-0.39, 0.29) is 10.6 Å². The Morgan fingerprint density at radius 3 is 2.62 bits per heavy atom. The molecule has 1 heterocycles. The van der Waals surface area contributed by atoms with Crippen LogP contribution in [-0.4, -0.2) is 28.8 Å². The monoisotopic (exact) mass is 318 g/mol. The van der Waals surface area contributed by atoms with Gasteiger partial charge in [0, 0.05) is 24.3 Å². The maximum atomic E-state index is 12.9. The number of piperidine rings is 1. The number of alkyl halides is 3. The Morgan fingerprint density at radius 1 is 1.43 bits per heavy atom. The smallest absolute Gasteiger partial charge is 0.389 e. The lowest BCUT2D eigenvalue weighted by Gasteiger charge is -2.38. The summed E-state index contributed by atoms with van der Waals surface area (Å²) in [5.74, 6) is 0. The number of benzene rings is 1. The van der Waals surface area contributed by atoms with Gasteiger partial charge >= 0.3 is 6.18 Å². The first-order valence-electron chi connectivity index (χ1n) is 6.58. The van der Waals surface area contributed by atoms with Gasteiger partial charge in [0.15, 0.2) is 0 Å². The summed E-state index contributed by atoms with van der Waals surface area (Å²) in [4.78, 5) is 1.57. The molecule has 0 aromatic heterocycles. The molecule has 7 heteroatoms. The lowest BCUT2D eigenvalue weighted by molar-refractivity contribution is -0.137. The van der Waals surface area contributed by atoms with Crippen molar-refractivity contribution in [2.24, 2.45) is 5.73 Å². The fourth-order valence-electron chi connectivity index (χ4n) is 2.62. The van der Waals surface area contributed by atoms with Gasteiger partial charge in [-0.1, -0.05) is 12.2 Å². The highest BCUT2D eigenvalue weighted by atomic mass is 32.1. The van der Waals surface area contributed by atoms with Crippen molar-refractivity contribution in [3.05, 3.63) is 29.3 Å². The first-order chi connectivity index (χ1) is 9.60. The number of rotatable bonds is 2. The van der Waals surface area contributed by atoms with Crippen molar-refractivity contribution in [1.29, 1.82) is 0 Å². The summed E-state index contributed by atoms with van der Waals surface area (Å²) in [7, 11) is 0. The predicted molar refractivity (Wildman–Crippen MR) is 79.4 cm³/mol. The molecule has 1 atom stereocenters. The van der Waals surface area contributed by atoms with E-state index in [0.717, 1.165) is 12.5 Å². The van der Waals surface area contributed by atoms with Crippen molar-refractivity contribution < 1.29 is 18.3 Å². The molecule has 3 N–H and O–H groups in total. The van der Waals surface area contributed by atoms with Crippen LogP contribution in [0.15, 0.2) is 18.2 Å². The van der Waals surface area contributed by atoms with Crippen LogP contribution in [0.3, 0.4) is 0 Å². The minimum Gasteiger partial charge on any atom is -0.389 e. The maximum Gasteiger partial charge on any atom is 0.417 e. The molecule has 3 nitrogen and oxygen atoms in total. The average molecular weight is 318 g/mol. The number of nitrogens with zero attached hydrogens (tertiary/aromatic N) is 1. The normalized spacial score (nSPS) is 23.2. The maximum absolute atomic E-state index is 12.9. The summed E-state index contributed by atoms with van der Waals surface area (Å²) in [5, 5.41) is 10.1. The van der Waals surface area contributed by atoms with Crippen molar-refractivity contribution in [2.45, 2.75) is 31.5 Å². The molecule has 1 fully saturated rings. The van der Waals surface area contributed by atoms with E-state index in [2.05, 4.69) is 0 Å². The zero-order valence-corrected chi connectivity index (χ0v) is 12.4. The Kier molecular flexibility index (Phi) is 4.17. The molecule has 21 heavy (non-hydrogen) atoms. The van der Waals surface area contributed by atoms with Crippen LogP contribution >= 0.6 is 12.2 Å². The van der Waals surface area contributed by atoms with Crippen LogP contribution < -0.4 is 10.6 Å². The van der Waals surface area contributed by atoms with Crippen LogP contribution in [0.25, 0.3) is 0 Å². The number of hydrogen-bond donors (Lipinski definition) is 2. The predicted octanol–water partition coefficient (Wildman–Crippen LogP) is 2.69. The topological polar surface area (TPSA) is 49.5 Å². The molecule has 1 aliphatic rings. The highest BCUT2D eigenvalue weighted by molar-refractivity contribution is 7.80. The summed E-state index contributed by atoms with van der Waals surface area (Å²) in [6.07, 6.45) is -3.05. The molecule has 0 bridgehead atoms. The fourth-order valence-corrected chi connectivity index (χ4v) is 2.79. The van der Waals surface area contributed by atoms with Gasteiger partial charge in [0.1, 0.15) is 4.99 Å². The molecule has 1 saturated heterocycles. The lowest BCUT2D eigenvalue weighted by Crippen LogP contribution is -2.46. The number of anilines is 1. The van der Waals surface area contributed by atoms with Crippen LogP contribution in [-0.2, 0) is 6.18 Å². The second kappa shape index (κ2) is 5.46. The molecule has 1 aromatic carbocycles. The minimum atomic E-state index is -4.50. The number of thiocarbonyl (C=S) groups is 1. The van der Waals surface area contributed by atoms with E-state index in [1.54, 1.807) is 6.92 Å². The van der Waals surface area contributed by atoms with Gasteiger partial charge in [-0.3, -0.25) is 0 Å². The second-order valence-electron chi connectivity index (χ2n) is 5.61. The van der Waals surface area contributed by atoms with Crippen LogP contribution in [0.2, 0.25) is 0 Å². The number of β-amino-alcohol motifs (C(OH)–C–C–N with tert-alkyl or cyclic N) is 1. The molecule has 0 saturated carbocycles. The van der Waals surface area contributed by atoms with Gasteiger partial charge in [-0.05, 0) is 38.0 Å². The van der Waals surface area contributed by atoms with E-state index in [9.17, 15) is 18.3 Å². The van der Waals surface area contributed by atoms with E-state index in [1.165, 1.54) is 12.1 Å². The van der Waals surface area contributed by atoms with Crippen molar-refractivity contribution in [2.75, 3.05) is 18.0 Å². The highest BCUT2D eigenvalue weighted by Gasteiger charge is 2.35. The van der Waals surface area contributed by atoms with Gasteiger partial charge < -0.3 is 15.7 Å². The third kappa shape index (κ3) is 3.65. The lowest BCUT2D eigenvalue weighted by atomic mass is 9.94. The van der Waals surface area contributed by atoms with Crippen LogP contribution in [0.4, 0.5) is 18.9 Å². The van der Waals surface area contributed by atoms with Gasteiger partial charge in [-0.25, -0.2) is 0 Å². The molecular formula is C14H17F3N2OS. The number of halogens is 3. The molecular weight excluding hydrogens is 301 g/mol.